The largest absolute Gasteiger partial charge is 0.383 e. The number of carbonyl (C=O) groups excluding carboxylic acids is 2. The molecule has 120 valence electrons. The number of Topliss-reactive ketones (excluding diaryl/α,β-unsaturated/α-hetero) is 1. The van der Waals surface area contributed by atoms with E-state index >= 15 is 0 Å². The Balaban J connectivity index is 1.93. The molecule has 1 aliphatic rings. The topological polar surface area (TPSA) is 81.2 Å². The van der Waals surface area contributed by atoms with Crippen molar-refractivity contribution in [3.8, 4) is 5.69 Å². The van der Waals surface area contributed by atoms with E-state index in [0.717, 1.165) is 6.42 Å². The molecule has 2 N–H and O–H groups in total. The molecule has 2 aromatic rings. The number of nitrogen functional groups attached to an aromatic ring is 1. The molecule has 7 heteroatoms. The van der Waals surface area contributed by atoms with Gasteiger partial charge in [0.15, 0.2) is 5.78 Å². The Morgan fingerprint density at radius 2 is 2.17 bits per heavy atom. The van der Waals surface area contributed by atoms with E-state index in [1.54, 1.807) is 17.0 Å². The lowest BCUT2D eigenvalue weighted by Crippen LogP contribution is -2.39. The Kier molecular flexibility index (Phi) is 3.85. The van der Waals surface area contributed by atoms with Crippen molar-refractivity contribution in [2.45, 2.75) is 25.8 Å². The van der Waals surface area contributed by atoms with Crippen LogP contribution in [0, 0.1) is 5.82 Å². The van der Waals surface area contributed by atoms with Gasteiger partial charge >= 0.3 is 0 Å². The van der Waals surface area contributed by atoms with Crippen LogP contribution in [-0.4, -0.2) is 39.0 Å². The highest BCUT2D eigenvalue weighted by atomic mass is 19.1. The van der Waals surface area contributed by atoms with Crippen molar-refractivity contribution in [1.82, 2.24) is 14.7 Å². The fourth-order valence-electron chi connectivity index (χ4n) is 2.96. The van der Waals surface area contributed by atoms with E-state index in [4.69, 9.17) is 5.73 Å². The maximum Gasteiger partial charge on any atom is 0.220 e. The predicted octanol–water partition coefficient (Wildman–Crippen LogP) is 1.79. The first-order valence-corrected chi connectivity index (χ1v) is 7.40. The molecule has 3 rings (SSSR count). The fourth-order valence-corrected chi connectivity index (χ4v) is 2.96. The van der Waals surface area contributed by atoms with Crippen molar-refractivity contribution in [2.75, 3.05) is 12.3 Å². The van der Waals surface area contributed by atoms with Gasteiger partial charge in [-0.05, 0) is 31.0 Å². The minimum absolute atomic E-state index is 0.128. The number of carbonyl (C=O) groups is 2. The van der Waals surface area contributed by atoms with Gasteiger partial charge in [-0.15, -0.1) is 0 Å². The number of aromatic nitrogens is 2. The summed E-state index contributed by atoms with van der Waals surface area (Å²) in [5.74, 6) is -0.616. The third-order valence-electron chi connectivity index (χ3n) is 4.08. The van der Waals surface area contributed by atoms with Gasteiger partial charge in [-0.25, -0.2) is 9.07 Å². The van der Waals surface area contributed by atoms with Crippen LogP contribution < -0.4 is 5.73 Å². The lowest BCUT2D eigenvalue weighted by Gasteiger charge is -2.21. The number of rotatable bonds is 3. The van der Waals surface area contributed by atoms with E-state index < -0.39 is 11.9 Å². The molecule has 2 heterocycles. The highest BCUT2D eigenvalue weighted by Crippen LogP contribution is 2.25. The van der Waals surface area contributed by atoms with Crippen molar-refractivity contribution in [1.29, 1.82) is 0 Å². The molecule has 1 aliphatic heterocycles. The van der Waals surface area contributed by atoms with Crippen molar-refractivity contribution in [2.24, 2.45) is 0 Å². The molecule has 0 spiro atoms. The zero-order valence-electron chi connectivity index (χ0n) is 12.7. The number of nitrogens with zero attached hydrogens (tertiary/aromatic N) is 3. The maximum atomic E-state index is 13.3. The molecule has 0 radical (unpaired) electrons. The molecule has 1 atom stereocenters. The van der Waals surface area contributed by atoms with Crippen LogP contribution in [0.1, 0.15) is 30.1 Å². The number of anilines is 1. The zero-order chi connectivity index (χ0) is 16.6. The molecular formula is C16H17FN4O2. The van der Waals surface area contributed by atoms with Gasteiger partial charge in [0.25, 0.3) is 0 Å². The monoisotopic (exact) mass is 316 g/mol. The Morgan fingerprint density at radius 3 is 2.87 bits per heavy atom. The first-order chi connectivity index (χ1) is 11.0. The second kappa shape index (κ2) is 5.83. The SMILES string of the molecule is CC(=O)N1CCCC1C(=O)c1cnn(-c2cccc(F)c2)c1N. The standard InChI is InChI=1S/C16H17FN4O2/c1-10(22)20-7-3-6-14(20)15(23)13-9-19-21(16(13)18)12-5-2-4-11(17)8-12/h2,4-5,8-9,14H,3,6-7,18H2,1H3. The van der Waals surface area contributed by atoms with Gasteiger partial charge in [-0.3, -0.25) is 9.59 Å². The first-order valence-electron chi connectivity index (χ1n) is 7.40. The molecule has 1 saturated heterocycles. The van der Waals surface area contributed by atoms with Crippen molar-refractivity contribution in [3.63, 3.8) is 0 Å². The molecule has 1 fully saturated rings. The maximum absolute atomic E-state index is 13.3. The molecular weight excluding hydrogens is 299 g/mol. The molecule has 1 unspecified atom stereocenters. The highest BCUT2D eigenvalue weighted by molar-refractivity contribution is 6.05. The van der Waals surface area contributed by atoms with Crippen LogP contribution in [0.3, 0.4) is 0 Å². The van der Waals surface area contributed by atoms with Gasteiger partial charge in [0.2, 0.25) is 5.91 Å². The summed E-state index contributed by atoms with van der Waals surface area (Å²) in [6.07, 6.45) is 2.77. The van der Waals surface area contributed by atoms with E-state index in [2.05, 4.69) is 5.10 Å². The van der Waals surface area contributed by atoms with E-state index in [1.807, 2.05) is 0 Å². The molecule has 0 bridgehead atoms. The lowest BCUT2D eigenvalue weighted by molar-refractivity contribution is -0.128. The number of amides is 1. The van der Waals surface area contributed by atoms with Crippen molar-refractivity contribution >= 4 is 17.5 Å². The normalized spacial score (nSPS) is 17.5. The first kappa shape index (κ1) is 15.2. The molecule has 6 nitrogen and oxygen atoms in total. The van der Waals surface area contributed by atoms with Crippen molar-refractivity contribution in [3.05, 3.63) is 41.8 Å². The third kappa shape index (κ3) is 2.69. The summed E-state index contributed by atoms with van der Waals surface area (Å²) in [6, 6.07) is 5.30. The molecule has 1 aromatic carbocycles. The smallest absolute Gasteiger partial charge is 0.220 e. The average Bonchev–Trinajstić information content (AvgIpc) is 3.13. The molecule has 0 aliphatic carbocycles. The van der Waals surface area contributed by atoms with Crippen LogP contribution in [0.5, 0.6) is 0 Å². The number of likely N-dealkylation sites (tertiary alicyclic amines) is 1. The number of halogens is 1. The predicted molar refractivity (Wildman–Crippen MR) is 82.7 cm³/mol. The van der Waals surface area contributed by atoms with Crippen LogP contribution in [0.4, 0.5) is 10.2 Å². The van der Waals surface area contributed by atoms with Gasteiger partial charge in [-0.2, -0.15) is 5.10 Å². The van der Waals surface area contributed by atoms with Gasteiger partial charge in [0.1, 0.15) is 11.6 Å². The van der Waals surface area contributed by atoms with Crippen LogP contribution in [0.15, 0.2) is 30.5 Å². The number of hydrogen-bond acceptors (Lipinski definition) is 4. The van der Waals surface area contributed by atoms with Crippen LogP contribution >= 0.6 is 0 Å². The summed E-state index contributed by atoms with van der Waals surface area (Å²) in [5, 5.41) is 4.09. The van der Waals surface area contributed by atoms with E-state index in [1.165, 1.54) is 29.9 Å². The summed E-state index contributed by atoms with van der Waals surface area (Å²) in [6.45, 7) is 2.02. The second-order valence-electron chi connectivity index (χ2n) is 5.57. The summed E-state index contributed by atoms with van der Waals surface area (Å²) in [5.41, 5.74) is 6.73. The quantitative estimate of drug-likeness (QED) is 0.875. The molecule has 0 saturated carbocycles. The highest BCUT2D eigenvalue weighted by Gasteiger charge is 2.34. The summed E-state index contributed by atoms with van der Waals surface area (Å²) in [7, 11) is 0. The Hall–Kier alpha value is -2.70. The van der Waals surface area contributed by atoms with Gasteiger partial charge < -0.3 is 10.6 Å². The second-order valence-corrected chi connectivity index (χ2v) is 5.57. The third-order valence-corrected chi connectivity index (χ3v) is 4.08. The molecule has 1 aromatic heterocycles. The Morgan fingerprint density at radius 1 is 1.39 bits per heavy atom. The zero-order valence-corrected chi connectivity index (χ0v) is 12.7. The summed E-state index contributed by atoms with van der Waals surface area (Å²) < 4.78 is 14.7. The molecule has 23 heavy (non-hydrogen) atoms. The van der Waals surface area contributed by atoms with Gasteiger partial charge in [0, 0.05) is 13.5 Å². The van der Waals surface area contributed by atoms with Crippen LogP contribution in [0.2, 0.25) is 0 Å². The van der Waals surface area contributed by atoms with E-state index in [9.17, 15) is 14.0 Å². The number of ketones is 1. The van der Waals surface area contributed by atoms with Gasteiger partial charge in [-0.1, -0.05) is 6.07 Å². The molecule has 1 amide bonds. The van der Waals surface area contributed by atoms with Crippen LogP contribution in [0.25, 0.3) is 5.69 Å². The van der Waals surface area contributed by atoms with E-state index in [-0.39, 0.29) is 23.1 Å². The van der Waals surface area contributed by atoms with Crippen molar-refractivity contribution < 1.29 is 14.0 Å². The Labute approximate surface area is 132 Å². The van der Waals surface area contributed by atoms with Gasteiger partial charge in [0.05, 0.1) is 23.5 Å². The number of nitrogens with two attached hydrogens (primary N) is 1. The number of hydrogen-bond donors (Lipinski definition) is 1. The lowest BCUT2D eigenvalue weighted by atomic mass is 10.0. The summed E-state index contributed by atoms with van der Waals surface area (Å²) >= 11 is 0. The fraction of sp³-hybridized carbons (Fsp3) is 0.312. The minimum atomic E-state index is -0.500. The van der Waals surface area contributed by atoms with E-state index in [0.29, 0.717) is 18.7 Å². The minimum Gasteiger partial charge on any atom is -0.383 e. The Bertz CT molecular complexity index is 771. The van der Waals surface area contributed by atoms with Crippen LogP contribution in [-0.2, 0) is 4.79 Å². The summed E-state index contributed by atoms with van der Waals surface area (Å²) in [4.78, 5) is 25.9. The number of benzene rings is 1. The average molecular weight is 316 g/mol.